The molecular weight excluding hydrogens is 208 g/mol. The van der Waals surface area contributed by atoms with Crippen LogP contribution in [0.4, 0.5) is 5.82 Å². The standard InChI is InChI=1S/C10H12N4O2/c1-7(11)5-8-3-2-4-13-6-12-10(9(8)13)14(15)16/h2-4,6-7H,5,11H2,1H3. The van der Waals surface area contributed by atoms with Crippen LogP contribution in [0.3, 0.4) is 0 Å². The summed E-state index contributed by atoms with van der Waals surface area (Å²) in [6.45, 7) is 1.87. The fourth-order valence-electron chi connectivity index (χ4n) is 1.75. The van der Waals surface area contributed by atoms with Crippen molar-refractivity contribution < 1.29 is 4.92 Å². The summed E-state index contributed by atoms with van der Waals surface area (Å²) in [6, 6.07) is 3.63. The van der Waals surface area contributed by atoms with E-state index in [0.717, 1.165) is 5.56 Å². The summed E-state index contributed by atoms with van der Waals surface area (Å²) in [5.74, 6) is -0.115. The summed E-state index contributed by atoms with van der Waals surface area (Å²) < 4.78 is 1.65. The van der Waals surface area contributed by atoms with Gasteiger partial charge in [-0.15, -0.1) is 0 Å². The summed E-state index contributed by atoms with van der Waals surface area (Å²) in [6.07, 6.45) is 3.77. The number of nitro groups is 1. The third-order valence-electron chi connectivity index (χ3n) is 2.34. The number of nitrogens with zero attached hydrogens (tertiary/aromatic N) is 3. The van der Waals surface area contributed by atoms with E-state index in [0.29, 0.717) is 11.9 Å². The number of hydrogen-bond donors (Lipinski definition) is 1. The number of aromatic nitrogens is 2. The van der Waals surface area contributed by atoms with E-state index >= 15 is 0 Å². The van der Waals surface area contributed by atoms with E-state index in [9.17, 15) is 10.1 Å². The lowest BCUT2D eigenvalue weighted by Gasteiger charge is -2.06. The lowest BCUT2D eigenvalue weighted by Crippen LogP contribution is -2.18. The van der Waals surface area contributed by atoms with Crippen molar-refractivity contribution in [2.24, 2.45) is 5.73 Å². The Hall–Kier alpha value is -1.95. The molecule has 2 aromatic rings. The van der Waals surface area contributed by atoms with Crippen molar-refractivity contribution in [2.75, 3.05) is 0 Å². The van der Waals surface area contributed by atoms with Gasteiger partial charge in [0.15, 0.2) is 5.52 Å². The Morgan fingerprint density at radius 1 is 1.69 bits per heavy atom. The smallest absolute Gasteiger partial charge is 0.358 e. The molecule has 0 radical (unpaired) electrons. The van der Waals surface area contributed by atoms with Crippen molar-refractivity contribution in [1.82, 2.24) is 9.38 Å². The fraction of sp³-hybridized carbons (Fsp3) is 0.300. The molecule has 0 aliphatic rings. The van der Waals surface area contributed by atoms with Gasteiger partial charge >= 0.3 is 5.82 Å². The molecule has 2 aromatic heterocycles. The van der Waals surface area contributed by atoms with E-state index in [4.69, 9.17) is 5.73 Å². The van der Waals surface area contributed by atoms with Gasteiger partial charge in [0.1, 0.15) is 0 Å². The summed E-state index contributed by atoms with van der Waals surface area (Å²) in [7, 11) is 0. The summed E-state index contributed by atoms with van der Waals surface area (Å²) in [4.78, 5) is 14.1. The first-order valence-electron chi connectivity index (χ1n) is 4.94. The molecule has 6 nitrogen and oxygen atoms in total. The molecule has 0 aliphatic carbocycles. The summed E-state index contributed by atoms with van der Waals surface area (Å²) in [5.41, 5.74) is 7.09. The maximum Gasteiger partial charge on any atom is 0.389 e. The largest absolute Gasteiger partial charge is 0.389 e. The highest BCUT2D eigenvalue weighted by Crippen LogP contribution is 2.22. The van der Waals surface area contributed by atoms with Gasteiger partial charge < -0.3 is 15.8 Å². The first kappa shape index (κ1) is 10.6. The second-order valence-electron chi connectivity index (χ2n) is 3.80. The molecule has 0 aliphatic heterocycles. The van der Waals surface area contributed by atoms with Gasteiger partial charge in [-0.2, -0.15) is 0 Å². The van der Waals surface area contributed by atoms with Crippen molar-refractivity contribution in [2.45, 2.75) is 19.4 Å². The minimum Gasteiger partial charge on any atom is -0.358 e. The van der Waals surface area contributed by atoms with Crippen molar-refractivity contribution in [3.8, 4) is 0 Å². The molecule has 84 valence electrons. The van der Waals surface area contributed by atoms with Crippen LogP contribution >= 0.6 is 0 Å². The van der Waals surface area contributed by atoms with Crippen molar-refractivity contribution in [3.63, 3.8) is 0 Å². The van der Waals surface area contributed by atoms with Gasteiger partial charge in [0.25, 0.3) is 0 Å². The third-order valence-corrected chi connectivity index (χ3v) is 2.34. The third kappa shape index (κ3) is 1.74. The SMILES string of the molecule is CC(N)Cc1cccn2cnc([N+](=O)[O-])c12. The fourth-order valence-corrected chi connectivity index (χ4v) is 1.75. The van der Waals surface area contributed by atoms with E-state index in [1.165, 1.54) is 6.33 Å². The topological polar surface area (TPSA) is 86.5 Å². The second kappa shape index (κ2) is 3.90. The van der Waals surface area contributed by atoms with Gasteiger partial charge in [-0.1, -0.05) is 6.07 Å². The van der Waals surface area contributed by atoms with Crippen molar-refractivity contribution >= 4 is 11.3 Å². The number of imidazole rings is 1. The highest BCUT2D eigenvalue weighted by atomic mass is 16.6. The number of hydrogen-bond acceptors (Lipinski definition) is 4. The molecule has 1 unspecified atom stereocenters. The van der Waals surface area contributed by atoms with Gasteiger partial charge in [0.2, 0.25) is 6.33 Å². The normalized spacial score (nSPS) is 12.9. The lowest BCUT2D eigenvalue weighted by molar-refractivity contribution is -0.387. The van der Waals surface area contributed by atoms with Gasteiger partial charge in [0, 0.05) is 12.2 Å². The molecule has 2 N–H and O–H groups in total. The first-order valence-corrected chi connectivity index (χ1v) is 4.94. The Kier molecular flexibility index (Phi) is 2.57. The Bertz CT molecular complexity index is 533. The Morgan fingerprint density at radius 3 is 3.06 bits per heavy atom. The molecule has 0 amide bonds. The lowest BCUT2D eigenvalue weighted by atomic mass is 10.1. The molecule has 0 spiro atoms. The monoisotopic (exact) mass is 220 g/mol. The minimum atomic E-state index is -0.472. The molecule has 6 heteroatoms. The maximum absolute atomic E-state index is 10.8. The average molecular weight is 220 g/mol. The van der Waals surface area contributed by atoms with Gasteiger partial charge in [-0.05, 0) is 34.9 Å². The van der Waals surface area contributed by atoms with Crippen LogP contribution in [0.1, 0.15) is 12.5 Å². The summed E-state index contributed by atoms with van der Waals surface area (Å²) in [5, 5.41) is 10.8. The van der Waals surface area contributed by atoms with E-state index in [1.54, 1.807) is 10.6 Å². The van der Waals surface area contributed by atoms with E-state index in [-0.39, 0.29) is 11.9 Å². The van der Waals surface area contributed by atoms with Gasteiger partial charge in [-0.25, -0.2) is 0 Å². The minimum absolute atomic E-state index is 0.0410. The van der Waals surface area contributed by atoms with Crippen LogP contribution in [0.2, 0.25) is 0 Å². The van der Waals surface area contributed by atoms with Crippen LogP contribution in [0.5, 0.6) is 0 Å². The quantitative estimate of drug-likeness (QED) is 0.620. The Balaban J connectivity index is 2.63. The molecule has 2 heterocycles. The number of pyridine rings is 1. The van der Waals surface area contributed by atoms with Crippen LogP contribution in [0.15, 0.2) is 24.7 Å². The van der Waals surface area contributed by atoms with Crippen LogP contribution in [0, 0.1) is 10.1 Å². The molecule has 0 saturated heterocycles. The summed E-state index contributed by atoms with van der Waals surface area (Å²) >= 11 is 0. The highest BCUT2D eigenvalue weighted by molar-refractivity contribution is 5.67. The molecule has 0 fully saturated rings. The molecule has 0 bridgehead atoms. The highest BCUT2D eigenvalue weighted by Gasteiger charge is 2.19. The van der Waals surface area contributed by atoms with Crippen LogP contribution in [-0.4, -0.2) is 20.3 Å². The molecule has 1 atom stereocenters. The van der Waals surface area contributed by atoms with Crippen molar-refractivity contribution in [3.05, 3.63) is 40.3 Å². The van der Waals surface area contributed by atoms with E-state index in [2.05, 4.69) is 4.98 Å². The molecular formula is C10H12N4O2. The van der Waals surface area contributed by atoms with Crippen LogP contribution in [-0.2, 0) is 6.42 Å². The maximum atomic E-state index is 10.8. The zero-order valence-electron chi connectivity index (χ0n) is 8.83. The predicted molar refractivity (Wildman–Crippen MR) is 59.2 cm³/mol. The molecule has 2 rings (SSSR count). The van der Waals surface area contributed by atoms with E-state index in [1.807, 2.05) is 19.1 Å². The molecule has 0 aromatic carbocycles. The number of fused-ring (bicyclic) bond motifs is 1. The Labute approximate surface area is 91.9 Å². The van der Waals surface area contributed by atoms with Crippen molar-refractivity contribution in [1.29, 1.82) is 0 Å². The van der Waals surface area contributed by atoms with Gasteiger partial charge in [-0.3, -0.25) is 4.40 Å². The van der Waals surface area contributed by atoms with Crippen LogP contribution in [0.25, 0.3) is 5.52 Å². The number of rotatable bonds is 3. The molecule has 0 saturated carbocycles. The molecule has 16 heavy (non-hydrogen) atoms. The average Bonchev–Trinajstić information content (AvgIpc) is 2.61. The predicted octanol–water partition coefficient (Wildman–Crippen LogP) is 1.13. The zero-order valence-corrected chi connectivity index (χ0v) is 8.83. The second-order valence-corrected chi connectivity index (χ2v) is 3.80. The number of nitrogens with two attached hydrogens (primary N) is 1. The first-order chi connectivity index (χ1) is 7.59. The van der Waals surface area contributed by atoms with E-state index < -0.39 is 4.92 Å². The zero-order chi connectivity index (χ0) is 11.7. The van der Waals surface area contributed by atoms with Crippen LogP contribution < -0.4 is 5.73 Å². The Morgan fingerprint density at radius 2 is 2.44 bits per heavy atom. The van der Waals surface area contributed by atoms with Gasteiger partial charge in [0.05, 0.1) is 0 Å².